The molecular weight excluding hydrogens is 171 g/mol. The van der Waals surface area contributed by atoms with Crippen LogP contribution in [0.2, 0.25) is 6.82 Å². The highest BCUT2D eigenvalue weighted by Crippen LogP contribution is 2.18. The van der Waals surface area contributed by atoms with Crippen molar-refractivity contribution in [1.82, 2.24) is 4.98 Å². The fourth-order valence-corrected chi connectivity index (χ4v) is 1.64. The van der Waals surface area contributed by atoms with Gasteiger partial charge in [-0.2, -0.15) is 0 Å². The Labute approximate surface area is 76.3 Å². The van der Waals surface area contributed by atoms with Crippen LogP contribution in [0.25, 0.3) is 6.08 Å². The van der Waals surface area contributed by atoms with Crippen LogP contribution in [0.4, 0.5) is 5.13 Å². The third kappa shape index (κ3) is 2.67. The van der Waals surface area contributed by atoms with Crippen LogP contribution in [0.15, 0.2) is 12.3 Å². The van der Waals surface area contributed by atoms with Crippen LogP contribution in [0.5, 0.6) is 0 Å². The molecule has 0 saturated heterocycles. The summed E-state index contributed by atoms with van der Waals surface area (Å²) in [6, 6.07) is 0. The molecular formula is C7H11BN2OS. The number of nitrogens with zero attached hydrogens (tertiary/aromatic N) is 1. The maximum atomic E-state index is 8.98. The standard InChI is InChI=1S/C7H11BN2OS/c1-3-4-6-5-9-7(12-6)10-8(2)11/h3-5,11H,1-2H3,(H,9,10)/b4-3+. The third-order valence-electron chi connectivity index (χ3n) is 1.19. The third-order valence-corrected chi connectivity index (χ3v) is 2.08. The minimum absolute atomic E-state index is 0.547. The number of anilines is 1. The average Bonchev–Trinajstić information content (AvgIpc) is 2.36. The van der Waals surface area contributed by atoms with Crippen LogP contribution < -0.4 is 5.23 Å². The van der Waals surface area contributed by atoms with E-state index in [-0.39, 0.29) is 0 Å². The predicted octanol–water partition coefficient (Wildman–Crippen LogP) is 1.70. The molecule has 5 heteroatoms. The molecule has 64 valence electrons. The van der Waals surface area contributed by atoms with E-state index in [4.69, 9.17) is 5.02 Å². The summed E-state index contributed by atoms with van der Waals surface area (Å²) in [6.45, 7) is 3.62. The molecule has 2 N–H and O–H groups in total. The lowest BCUT2D eigenvalue weighted by Gasteiger charge is -1.98. The van der Waals surface area contributed by atoms with E-state index in [2.05, 4.69) is 10.2 Å². The van der Waals surface area contributed by atoms with Crippen molar-refractivity contribution in [3.8, 4) is 0 Å². The van der Waals surface area contributed by atoms with E-state index in [1.807, 2.05) is 19.1 Å². The van der Waals surface area contributed by atoms with Gasteiger partial charge in [-0.25, -0.2) is 4.98 Å². The molecule has 12 heavy (non-hydrogen) atoms. The van der Waals surface area contributed by atoms with Gasteiger partial charge in [0.25, 0.3) is 0 Å². The van der Waals surface area contributed by atoms with Crippen LogP contribution in [0.1, 0.15) is 11.8 Å². The molecule has 0 fully saturated rings. The number of hydrogen-bond donors (Lipinski definition) is 2. The highest BCUT2D eigenvalue weighted by atomic mass is 32.1. The number of nitrogens with one attached hydrogen (secondary N) is 1. The summed E-state index contributed by atoms with van der Waals surface area (Å²) in [7, 11) is -0.547. The maximum absolute atomic E-state index is 8.98. The summed E-state index contributed by atoms with van der Waals surface area (Å²) < 4.78 is 0. The number of rotatable bonds is 3. The van der Waals surface area contributed by atoms with E-state index in [9.17, 15) is 0 Å². The Morgan fingerprint density at radius 2 is 2.50 bits per heavy atom. The van der Waals surface area contributed by atoms with Gasteiger partial charge in [0.05, 0.1) is 0 Å². The van der Waals surface area contributed by atoms with Crippen LogP contribution in [-0.2, 0) is 0 Å². The Morgan fingerprint density at radius 3 is 3.08 bits per heavy atom. The van der Waals surface area contributed by atoms with Gasteiger partial charge in [0.15, 0.2) is 5.13 Å². The van der Waals surface area contributed by atoms with Crippen molar-refractivity contribution in [2.75, 3.05) is 5.23 Å². The number of thiazole rings is 1. The van der Waals surface area contributed by atoms with Gasteiger partial charge in [-0.15, -0.1) is 0 Å². The molecule has 0 atom stereocenters. The minimum Gasteiger partial charge on any atom is -0.433 e. The van der Waals surface area contributed by atoms with Gasteiger partial charge in [0.2, 0.25) is 0 Å². The van der Waals surface area contributed by atoms with Gasteiger partial charge in [-0.1, -0.05) is 17.4 Å². The molecule has 0 aliphatic rings. The average molecular weight is 182 g/mol. The Morgan fingerprint density at radius 1 is 1.75 bits per heavy atom. The quantitative estimate of drug-likeness (QED) is 0.699. The molecule has 0 radical (unpaired) electrons. The van der Waals surface area contributed by atoms with Crippen molar-refractivity contribution < 1.29 is 5.02 Å². The monoisotopic (exact) mass is 182 g/mol. The van der Waals surface area contributed by atoms with Crippen LogP contribution in [0, 0.1) is 0 Å². The van der Waals surface area contributed by atoms with Crippen LogP contribution in [0.3, 0.4) is 0 Å². The summed E-state index contributed by atoms with van der Waals surface area (Å²) in [4.78, 5) is 5.16. The number of hydrogen-bond acceptors (Lipinski definition) is 4. The first-order chi connectivity index (χ1) is 5.72. The SMILES string of the molecule is C/C=C/c1cnc(NB(C)O)s1. The highest BCUT2D eigenvalue weighted by Gasteiger charge is 2.05. The summed E-state index contributed by atoms with van der Waals surface area (Å²) >= 11 is 1.52. The van der Waals surface area contributed by atoms with Gasteiger partial charge >= 0.3 is 7.05 Å². The van der Waals surface area contributed by atoms with E-state index >= 15 is 0 Å². The van der Waals surface area contributed by atoms with Gasteiger partial charge in [0.1, 0.15) is 0 Å². The van der Waals surface area contributed by atoms with Crippen LogP contribution in [-0.4, -0.2) is 17.1 Å². The Kier molecular flexibility index (Phi) is 3.31. The fraction of sp³-hybridized carbons (Fsp3) is 0.286. The van der Waals surface area contributed by atoms with E-state index in [1.165, 1.54) is 11.3 Å². The fourth-order valence-electron chi connectivity index (χ4n) is 0.773. The van der Waals surface area contributed by atoms with Crippen molar-refractivity contribution in [2.45, 2.75) is 13.7 Å². The van der Waals surface area contributed by atoms with Crippen molar-refractivity contribution in [2.24, 2.45) is 0 Å². The normalized spacial score (nSPS) is 10.6. The Balaban J connectivity index is 2.64. The Hall–Kier alpha value is -0.805. The summed E-state index contributed by atoms with van der Waals surface area (Å²) in [5.41, 5.74) is 0. The number of aromatic nitrogens is 1. The zero-order valence-electron chi connectivity index (χ0n) is 7.11. The van der Waals surface area contributed by atoms with Crippen molar-refractivity contribution >= 4 is 29.6 Å². The molecule has 0 saturated carbocycles. The topological polar surface area (TPSA) is 45.2 Å². The van der Waals surface area contributed by atoms with E-state index in [0.29, 0.717) is 0 Å². The predicted molar refractivity (Wildman–Crippen MR) is 54.3 cm³/mol. The first-order valence-corrected chi connectivity index (χ1v) is 4.57. The number of allylic oxidation sites excluding steroid dienone is 1. The lowest BCUT2D eigenvalue weighted by molar-refractivity contribution is 0.587. The van der Waals surface area contributed by atoms with Gasteiger partial charge < -0.3 is 10.3 Å². The summed E-state index contributed by atoms with van der Waals surface area (Å²) in [6.07, 6.45) is 5.71. The molecule has 1 heterocycles. The van der Waals surface area contributed by atoms with E-state index in [0.717, 1.165) is 10.0 Å². The second kappa shape index (κ2) is 4.28. The molecule has 0 aromatic carbocycles. The van der Waals surface area contributed by atoms with E-state index in [1.54, 1.807) is 13.0 Å². The molecule has 3 nitrogen and oxygen atoms in total. The second-order valence-electron chi connectivity index (χ2n) is 2.39. The molecule has 0 amide bonds. The Bertz CT molecular complexity index is 272. The van der Waals surface area contributed by atoms with Crippen molar-refractivity contribution in [1.29, 1.82) is 0 Å². The molecule has 0 spiro atoms. The molecule has 1 rings (SSSR count). The minimum atomic E-state index is -0.547. The molecule has 0 aliphatic heterocycles. The summed E-state index contributed by atoms with van der Waals surface area (Å²) in [5, 5.41) is 12.5. The zero-order chi connectivity index (χ0) is 8.97. The van der Waals surface area contributed by atoms with E-state index < -0.39 is 7.05 Å². The van der Waals surface area contributed by atoms with Crippen LogP contribution >= 0.6 is 11.3 Å². The zero-order valence-corrected chi connectivity index (χ0v) is 7.93. The first-order valence-electron chi connectivity index (χ1n) is 3.75. The molecule has 0 unspecified atom stereocenters. The molecule has 1 aromatic rings. The van der Waals surface area contributed by atoms with Gasteiger partial charge in [-0.3, -0.25) is 0 Å². The maximum Gasteiger partial charge on any atom is 0.408 e. The molecule has 0 bridgehead atoms. The van der Waals surface area contributed by atoms with Gasteiger partial charge in [-0.05, 0) is 19.8 Å². The van der Waals surface area contributed by atoms with Crippen molar-refractivity contribution in [3.05, 3.63) is 17.2 Å². The lowest BCUT2D eigenvalue weighted by atomic mass is 9.90. The largest absolute Gasteiger partial charge is 0.433 e. The first kappa shape index (κ1) is 9.28. The highest BCUT2D eigenvalue weighted by molar-refractivity contribution is 7.16. The lowest BCUT2D eigenvalue weighted by Crippen LogP contribution is -2.18. The second-order valence-corrected chi connectivity index (χ2v) is 3.45. The van der Waals surface area contributed by atoms with Gasteiger partial charge in [0, 0.05) is 11.1 Å². The molecule has 0 aliphatic carbocycles. The van der Waals surface area contributed by atoms with Crippen molar-refractivity contribution in [3.63, 3.8) is 0 Å². The smallest absolute Gasteiger partial charge is 0.408 e. The molecule has 1 aromatic heterocycles. The summed E-state index contributed by atoms with van der Waals surface area (Å²) in [5.74, 6) is 0.